The molecule has 0 radical (unpaired) electrons. The van der Waals surface area contributed by atoms with Crippen molar-refractivity contribution in [2.45, 2.75) is 13.8 Å². The smallest absolute Gasteiger partial charge is 0.316 e. The maximum absolute atomic E-state index is 12.0. The lowest BCUT2D eigenvalue weighted by atomic mass is 10.1. The number of anilines is 1. The lowest BCUT2D eigenvalue weighted by Gasteiger charge is -2.06. The molecule has 5 heteroatoms. The van der Waals surface area contributed by atoms with Gasteiger partial charge in [0, 0.05) is 5.56 Å². The predicted octanol–water partition coefficient (Wildman–Crippen LogP) is 2.44. The van der Waals surface area contributed by atoms with Crippen LogP contribution in [0.1, 0.15) is 22.8 Å². The average Bonchev–Trinajstić information content (AvgIpc) is 2.41. The number of rotatable bonds is 4. The molecule has 0 fully saturated rings. The van der Waals surface area contributed by atoms with Gasteiger partial charge in [0.15, 0.2) is 0 Å². The maximum atomic E-state index is 12.0. The summed E-state index contributed by atoms with van der Waals surface area (Å²) in [5.41, 5.74) is 2.18. The zero-order valence-electron chi connectivity index (χ0n) is 10.9. The molecule has 1 N–H and O–H groups in total. The largest absolute Gasteiger partial charge is 0.464 e. The number of carbonyl (C=O) groups excluding carboxylic acids is 1. The molecule has 0 atom stereocenters. The Morgan fingerprint density at radius 3 is 2.68 bits per heavy atom. The molecular weight excluding hydrogens is 242 g/mol. The number of nitrogens with one attached hydrogen (secondary N) is 1. The number of benzene rings is 1. The van der Waals surface area contributed by atoms with Crippen molar-refractivity contribution in [1.29, 1.82) is 0 Å². The van der Waals surface area contributed by atoms with Gasteiger partial charge in [-0.1, -0.05) is 17.7 Å². The van der Waals surface area contributed by atoms with Gasteiger partial charge < -0.3 is 10.1 Å². The second-order valence-corrected chi connectivity index (χ2v) is 4.01. The Balaban J connectivity index is 2.06. The van der Waals surface area contributed by atoms with Crippen LogP contribution in [0.3, 0.4) is 0 Å². The fraction of sp³-hybridized carbons (Fsp3) is 0.214. The molecule has 2 rings (SSSR count). The standard InChI is InChI=1S/C14H15N3O2/c1-3-19-14-15-8-12(9-16-14)17-13(18)11-6-4-5-10(2)7-11/h4-9H,3H2,1-2H3,(H,17,18). The summed E-state index contributed by atoms with van der Waals surface area (Å²) >= 11 is 0. The van der Waals surface area contributed by atoms with E-state index in [4.69, 9.17) is 4.74 Å². The zero-order chi connectivity index (χ0) is 13.7. The van der Waals surface area contributed by atoms with E-state index in [0.29, 0.717) is 23.9 Å². The minimum Gasteiger partial charge on any atom is -0.464 e. The highest BCUT2D eigenvalue weighted by molar-refractivity contribution is 6.04. The van der Waals surface area contributed by atoms with Crippen LogP contribution in [0.25, 0.3) is 0 Å². The van der Waals surface area contributed by atoms with Gasteiger partial charge in [-0.2, -0.15) is 0 Å². The third-order valence-electron chi connectivity index (χ3n) is 2.44. The fourth-order valence-corrected chi connectivity index (χ4v) is 1.57. The Kier molecular flexibility index (Phi) is 4.07. The summed E-state index contributed by atoms with van der Waals surface area (Å²) in [6, 6.07) is 7.68. The van der Waals surface area contributed by atoms with Crippen LogP contribution < -0.4 is 10.1 Å². The van der Waals surface area contributed by atoms with Crippen LogP contribution in [0, 0.1) is 6.92 Å². The van der Waals surface area contributed by atoms with Gasteiger partial charge in [0.2, 0.25) is 0 Å². The summed E-state index contributed by atoms with van der Waals surface area (Å²) < 4.78 is 5.13. The van der Waals surface area contributed by atoms with E-state index in [1.165, 1.54) is 12.4 Å². The molecule has 1 aromatic carbocycles. The molecule has 5 nitrogen and oxygen atoms in total. The highest BCUT2D eigenvalue weighted by atomic mass is 16.5. The molecule has 98 valence electrons. The monoisotopic (exact) mass is 257 g/mol. The van der Waals surface area contributed by atoms with E-state index in [1.807, 2.05) is 32.0 Å². The van der Waals surface area contributed by atoms with E-state index in [2.05, 4.69) is 15.3 Å². The van der Waals surface area contributed by atoms with E-state index < -0.39 is 0 Å². The van der Waals surface area contributed by atoms with Gasteiger partial charge in [0.05, 0.1) is 24.7 Å². The number of aromatic nitrogens is 2. The van der Waals surface area contributed by atoms with Gasteiger partial charge in [-0.25, -0.2) is 9.97 Å². The Morgan fingerprint density at radius 2 is 2.05 bits per heavy atom. The number of hydrogen-bond donors (Lipinski definition) is 1. The van der Waals surface area contributed by atoms with Crippen molar-refractivity contribution in [3.8, 4) is 6.01 Å². The number of hydrogen-bond acceptors (Lipinski definition) is 4. The van der Waals surface area contributed by atoms with Gasteiger partial charge >= 0.3 is 6.01 Å². The van der Waals surface area contributed by atoms with Gasteiger partial charge in [-0.15, -0.1) is 0 Å². The number of aryl methyl sites for hydroxylation is 1. The van der Waals surface area contributed by atoms with Crippen molar-refractivity contribution in [1.82, 2.24) is 9.97 Å². The van der Waals surface area contributed by atoms with E-state index in [1.54, 1.807) is 6.07 Å². The van der Waals surface area contributed by atoms with Crippen molar-refractivity contribution < 1.29 is 9.53 Å². The number of nitrogens with zero attached hydrogens (tertiary/aromatic N) is 2. The topological polar surface area (TPSA) is 64.1 Å². The molecule has 1 aromatic heterocycles. The summed E-state index contributed by atoms with van der Waals surface area (Å²) in [6.45, 7) is 4.31. The Labute approximate surface area is 111 Å². The summed E-state index contributed by atoms with van der Waals surface area (Å²) in [5, 5.41) is 2.74. The van der Waals surface area contributed by atoms with Crippen LogP contribution in [0.15, 0.2) is 36.7 Å². The van der Waals surface area contributed by atoms with E-state index in [-0.39, 0.29) is 5.91 Å². The molecule has 0 spiro atoms. The van der Waals surface area contributed by atoms with Crippen molar-refractivity contribution in [2.75, 3.05) is 11.9 Å². The number of ether oxygens (including phenoxy) is 1. The summed E-state index contributed by atoms with van der Waals surface area (Å²) in [6.07, 6.45) is 3.04. The van der Waals surface area contributed by atoms with Crippen molar-refractivity contribution in [2.24, 2.45) is 0 Å². The van der Waals surface area contributed by atoms with Gasteiger partial charge in [0.1, 0.15) is 0 Å². The maximum Gasteiger partial charge on any atom is 0.316 e. The van der Waals surface area contributed by atoms with Crippen molar-refractivity contribution >= 4 is 11.6 Å². The van der Waals surface area contributed by atoms with Crippen molar-refractivity contribution in [3.63, 3.8) is 0 Å². The van der Waals surface area contributed by atoms with Crippen molar-refractivity contribution in [3.05, 3.63) is 47.8 Å². The summed E-state index contributed by atoms with van der Waals surface area (Å²) in [4.78, 5) is 19.9. The van der Waals surface area contributed by atoms with Gasteiger partial charge in [0.25, 0.3) is 5.91 Å². The number of carbonyl (C=O) groups is 1. The average molecular weight is 257 g/mol. The molecule has 0 unspecified atom stereocenters. The first-order valence-electron chi connectivity index (χ1n) is 6.02. The normalized spacial score (nSPS) is 10.0. The van der Waals surface area contributed by atoms with E-state index in [0.717, 1.165) is 5.56 Å². The third kappa shape index (κ3) is 3.51. The highest BCUT2D eigenvalue weighted by Gasteiger charge is 2.06. The second kappa shape index (κ2) is 5.95. The molecule has 1 amide bonds. The minimum atomic E-state index is -0.184. The molecule has 0 bridgehead atoms. The van der Waals surface area contributed by atoms with E-state index >= 15 is 0 Å². The molecule has 0 saturated carbocycles. The molecule has 0 saturated heterocycles. The summed E-state index contributed by atoms with van der Waals surface area (Å²) in [7, 11) is 0. The van der Waals surface area contributed by atoms with Crippen LogP contribution in [0.5, 0.6) is 6.01 Å². The molecule has 2 aromatic rings. The molecule has 0 aliphatic rings. The lowest BCUT2D eigenvalue weighted by molar-refractivity contribution is 0.102. The first-order valence-corrected chi connectivity index (χ1v) is 6.02. The third-order valence-corrected chi connectivity index (χ3v) is 2.44. The van der Waals surface area contributed by atoms with E-state index in [9.17, 15) is 4.79 Å². The molecule has 1 heterocycles. The summed E-state index contributed by atoms with van der Waals surface area (Å²) in [5.74, 6) is -0.184. The Morgan fingerprint density at radius 1 is 1.32 bits per heavy atom. The second-order valence-electron chi connectivity index (χ2n) is 4.01. The molecule has 0 aliphatic carbocycles. The van der Waals surface area contributed by atoms with Crippen LogP contribution in [-0.2, 0) is 0 Å². The van der Waals surface area contributed by atoms with Crippen LogP contribution >= 0.6 is 0 Å². The minimum absolute atomic E-state index is 0.184. The zero-order valence-corrected chi connectivity index (χ0v) is 10.9. The predicted molar refractivity (Wildman–Crippen MR) is 72.3 cm³/mol. The number of amides is 1. The molecule has 0 aliphatic heterocycles. The SMILES string of the molecule is CCOc1ncc(NC(=O)c2cccc(C)c2)cn1. The Bertz CT molecular complexity index is 567. The van der Waals surface area contributed by atoms with Crippen LogP contribution in [0.2, 0.25) is 0 Å². The molecule has 19 heavy (non-hydrogen) atoms. The first kappa shape index (κ1) is 13.0. The van der Waals surface area contributed by atoms with Crippen LogP contribution in [-0.4, -0.2) is 22.5 Å². The molecular formula is C14H15N3O2. The fourth-order valence-electron chi connectivity index (χ4n) is 1.57. The van der Waals surface area contributed by atoms with Gasteiger partial charge in [-0.05, 0) is 26.0 Å². The first-order chi connectivity index (χ1) is 9.19. The highest BCUT2D eigenvalue weighted by Crippen LogP contribution is 2.10. The Hall–Kier alpha value is -2.43. The quantitative estimate of drug-likeness (QED) is 0.913. The lowest BCUT2D eigenvalue weighted by Crippen LogP contribution is -2.12. The van der Waals surface area contributed by atoms with Gasteiger partial charge in [-0.3, -0.25) is 4.79 Å². The van der Waals surface area contributed by atoms with Crippen LogP contribution in [0.4, 0.5) is 5.69 Å².